The molecule has 1 amide bonds. The number of amides is 1. The van der Waals surface area contributed by atoms with Crippen molar-refractivity contribution >= 4 is 27.0 Å². The van der Waals surface area contributed by atoms with E-state index in [9.17, 15) is 26.4 Å². The predicted molar refractivity (Wildman–Crippen MR) is 124 cm³/mol. The van der Waals surface area contributed by atoms with E-state index in [1.165, 1.54) is 18.1 Å². The van der Waals surface area contributed by atoms with Gasteiger partial charge in [-0.2, -0.15) is 25.9 Å². The highest BCUT2D eigenvalue weighted by Gasteiger charge is 2.33. The molecule has 34 heavy (non-hydrogen) atoms. The molecule has 2 aliphatic rings. The van der Waals surface area contributed by atoms with Gasteiger partial charge < -0.3 is 4.90 Å². The molecular formula is C23H31F3N4O3S. The topological polar surface area (TPSA) is 65.9 Å². The van der Waals surface area contributed by atoms with Gasteiger partial charge >= 0.3 is 16.4 Å². The van der Waals surface area contributed by atoms with E-state index in [1.807, 2.05) is 4.90 Å². The van der Waals surface area contributed by atoms with Crippen molar-refractivity contribution < 1.29 is 26.4 Å². The molecule has 2 aromatic rings. The monoisotopic (exact) mass is 500 g/mol. The minimum absolute atomic E-state index is 0.101. The van der Waals surface area contributed by atoms with Gasteiger partial charge in [0.1, 0.15) is 0 Å². The van der Waals surface area contributed by atoms with E-state index in [4.69, 9.17) is 0 Å². The zero-order chi connectivity index (χ0) is 24.8. The van der Waals surface area contributed by atoms with E-state index < -0.39 is 22.8 Å². The van der Waals surface area contributed by atoms with E-state index in [2.05, 4.69) is 6.92 Å². The van der Waals surface area contributed by atoms with Gasteiger partial charge in [0.05, 0.1) is 11.9 Å². The van der Waals surface area contributed by atoms with Gasteiger partial charge in [0.25, 0.3) is 5.91 Å². The van der Waals surface area contributed by atoms with Gasteiger partial charge in [-0.1, -0.05) is 6.92 Å². The molecule has 0 N–H and O–H groups in total. The van der Waals surface area contributed by atoms with Gasteiger partial charge in [-0.15, -0.1) is 0 Å². The number of fused-ring (bicyclic) bond motifs is 3. The number of likely N-dealkylation sites (tertiary alicyclic amines) is 1. The molecule has 3 heterocycles. The molecule has 11 heteroatoms. The van der Waals surface area contributed by atoms with Crippen molar-refractivity contribution in [3.63, 3.8) is 0 Å². The Morgan fingerprint density at radius 1 is 1.15 bits per heavy atom. The van der Waals surface area contributed by atoms with E-state index >= 15 is 0 Å². The average Bonchev–Trinajstić information content (AvgIpc) is 3.11. The van der Waals surface area contributed by atoms with Gasteiger partial charge in [0.2, 0.25) is 0 Å². The summed E-state index contributed by atoms with van der Waals surface area (Å²) in [4.78, 5) is 16.7. The second-order valence-electron chi connectivity index (χ2n) is 9.58. The molecule has 0 bridgehead atoms. The first-order chi connectivity index (χ1) is 15.9. The highest BCUT2D eigenvalue weighted by Crippen LogP contribution is 2.34. The van der Waals surface area contributed by atoms with Crippen molar-refractivity contribution in [1.82, 2.24) is 18.1 Å². The Balaban J connectivity index is 1.76. The van der Waals surface area contributed by atoms with Crippen LogP contribution in [-0.4, -0.2) is 78.9 Å². The van der Waals surface area contributed by atoms with E-state index in [-0.39, 0.29) is 19.0 Å². The molecule has 0 spiro atoms. The summed E-state index contributed by atoms with van der Waals surface area (Å²) < 4.78 is 67.1. The Bertz CT molecular complexity index is 1180. The number of hydrogen-bond donors (Lipinski definition) is 0. The van der Waals surface area contributed by atoms with Crippen LogP contribution in [0.25, 0.3) is 10.9 Å². The van der Waals surface area contributed by atoms with Gasteiger partial charge in [0.15, 0.2) is 0 Å². The number of carbonyl (C=O) groups excluding carboxylic acids is 1. The molecule has 188 valence electrons. The van der Waals surface area contributed by atoms with Crippen LogP contribution in [-0.2, 0) is 23.2 Å². The van der Waals surface area contributed by atoms with Gasteiger partial charge in [0, 0.05) is 69.9 Å². The third kappa shape index (κ3) is 4.83. The maximum atomic E-state index is 13.2. The van der Waals surface area contributed by atoms with Crippen molar-refractivity contribution in [3.05, 3.63) is 35.0 Å². The number of carbonyl (C=O) groups is 1. The maximum absolute atomic E-state index is 13.2. The Morgan fingerprint density at radius 3 is 2.44 bits per heavy atom. The van der Waals surface area contributed by atoms with Gasteiger partial charge in [-0.3, -0.25) is 9.69 Å². The van der Waals surface area contributed by atoms with Gasteiger partial charge in [-0.25, -0.2) is 3.97 Å². The fourth-order valence-electron chi connectivity index (χ4n) is 4.80. The van der Waals surface area contributed by atoms with Crippen molar-refractivity contribution in [3.8, 4) is 0 Å². The molecule has 7 nitrogen and oxygen atoms in total. The van der Waals surface area contributed by atoms with Crippen LogP contribution in [0.5, 0.6) is 0 Å². The number of hydrogen-bond acceptors (Lipinski definition) is 4. The molecule has 0 radical (unpaired) electrons. The second kappa shape index (κ2) is 9.16. The maximum Gasteiger partial charge on any atom is 0.390 e. The van der Waals surface area contributed by atoms with Crippen LogP contribution >= 0.6 is 0 Å². The highest BCUT2D eigenvalue weighted by molar-refractivity contribution is 7.87. The third-order valence-electron chi connectivity index (χ3n) is 6.90. The fourth-order valence-corrected chi connectivity index (χ4v) is 6.02. The van der Waals surface area contributed by atoms with Crippen LogP contribution in [0.1, 0.15) is 47.8 Å². The van der Waals surface area contributed by atoms with Gasteiger partial charge in [-0.05, 0) is 42.5 Å². The molecule has 0 saturated carbocycles. The van der Waals surface area contributed by atoms with Crippen LogP contribution in [0, 0.1) is 5.92 Å². The largest absolute Gasteiger partial charge is 0.390 e. The van der Waals surface area contributed by atoms with Crippen molar-refractivity contribution in [2.75, 3.05) is 40.3 Å². The number of aromatic nitrogens is 1. The first-order valence-electron chi connectivity index (χ1n) is 11.6. The molecular weight excluding hydrogens is 469 g/mol. The summed E-state index contributed by atoms with van der Waals surface area (Å²) in [6.45, 7) is 3.91. The second-order valence-corrected chi connectivity index (χ2v) is 11.6. The summed E-state index contributed by atoms with van der Waals surface area (Å²) in [6, 6.07) is 5.01. The van der Waals surface area contributed by atoms with Crippen molar-refractivity contribution in [2.24, 2.45) is 5.92 Å². The fraction of sp³-hybridized carbons (Fsp3) is 0.609. The van der Waals surface area contributed by atoms with Crippen LogP contribution < -0.4 is 0 Å². The number of nitrogens with zero attached hydrogens (tertiary/aromatic N) is 4. The summed E-state index contributed by atoms with van der Waals surface area (Å²) in [6.07, 6.45) is -2.99. The molecule has 1 aromatic heterocycles. The Kier molecular flexibility index (Phi) is 6.73. The van der Waals surface area contributed by atoms with Crippen molar-refractivity contribution in [1.29, 1.82) is 0 Å². The zero-order valence-electron chi connectivity index (χ0n) is 19.7. The number of benzene rings is 1. The molecule has 4 rings (SSSR count). The van der Waals surface area contributed by atoms with Crippen LogP contribution in [0.15, 0.2) is 18.2 Å². The average molecular weight is 501 g/mol. The molecule has 1 aromatic carbocycles. The highest BCUT2D eigenvalue weighted by atomic mass is 32.2. The van der Waals surface area contributed by atoms with E-state index in [0.29, 0.717) is 59.7 Å². The number of piperidine rings is 1. The van der Waals surface area contributed by atoms with Crippen LogP contribution in [0.3, 0.4) is 0 Å². The minimum Gasteiger partial charge on any atom is -0.339 e. The van der Waals surface area contributed by atoms with Crippen LogP contribution in [0.4, 0.5) is 13.2 Å². The zero-order valence-corrected chi connectivity index (χ0v) is 20.5. The summed E-state index contributed by atoms with van der Waals surface area (Å²) in [7, 11) is -0.967. The summed E-state index contributed by atoms with van der Waals surface area (Å²) in [5.74, 6) is 0.474. The lowest BCUT2D eigenvalue weighted by Crippen LogP contribution is -2.37. The normalized spacial score (nSPS) is 18.6. The third-order valence-corrected chi connectivity index (χ3v) is 8.70. The number of halogens is 3. The molecule has 0 atom stereocenters. The first-order valence-corrected chi connectivity index (χ1v) is 13.0. The van der Waals surface area contributed by atoms with E-state index in [1.54, 1.807) is 23.1 Å². The quantitative estimate of drug-likeness (QED) is 0.631. The standard InChI is InChI=1S/C23H31F3N4O3S/c1-16-6-11-29(12-7-16)22(31)17-4-5-20-18(14-17)19-15-28(13-9-23(24,25)26)10-8-21(19)30(20)34(32,33)27(2)3/h4-5,14,16H,6-13,15H2,1-3H3. The molecule has 0 aliphatic carbocycles. The minimum atomic E-state index is -4.26. The molecule has 1 fully saturated rings. The SMILES string of the molecule is CC1CCN(C(=O)c2ccc3c(c2)c2c(n3S(=O)(=O)N(C)C)CCN(CCC(F)(F)F)C2)CC1. The number of alkyl halides is 3. The number of rotatable bonds is 5. The van der Waals surface area contributed by atoms with Crippen LogP contribution in [0.2, 0.25) is 0 Å². The Morgan fingerprint density at radius 2 is 1.82 bits per heavy atom. The smallest absolute Gasteiger partial charge is 0.339 e. The lowest BCUT2D eigenvalue weighted by Gasteiger charge is -2.30. The lowest BCUT2D eigenvalue weighted by molar-refractivity contribution is -0.138. The molecule has 0 unspecified atom stereocenters. The van der Waals surface area contributed by atoms with Crippen molar-refractivity contribution in [2.45, 2.75) is 45.3 Å². The Hall–Kier alpha value is -2.11. The molecule has 2 aliphatic heterocycles. The van der Waals surface area contributed by atoms with E-state index in [0.717, 1.165) is 17.1 Å². The molecule has 1 saturated heterocycles. The summed E-state index contributed by atoms with van der Waals surface area (Å²) >= 11 is 0. The predicted octanol–water partition coefficient (Wildman–Crippen LogP) is 3.48. The summed E-state index contributed by atoms with van der Waals surface area (Å²) in [5, 5.41) is 0.605. The Labute approximate surface area is 198 Å². The first kappa shape index (κ1) is 25.0. The summed E-state index contributed by atoms with van der Waals surface area (Å²) in [5.41, 5.74) is 2.16. The lowest BCUT2D eigenvalue weighted by atomic mass is 9.98.